The molecule has 1 saturated carbocycles. The average molecular weight is 230 g/mol. The summed E-state index contributed by atoms with van der Waals surface area (Å²) in [6.07, 6.45) is 2.49. The van der Waals surface area contributed by atoms with Crippen LogP contribution in [0, 0.1) is 5.41 Å². The molecule has 17 heavy (non-hydrogen) atoms. The first-order valence-corrected chi connectivity index (χ1v) is 6.31. The van der Waals surface area contributed by atoms with Crippen molar-refractivity contribution in [1.82, 2.24) is 0 Å². The molecule has 1 heterocycles. The SMILES string of the molecule is C[C@]1(c2ccccc2)COCCC12CC(=O)C2. The summed E-state index contributed by atoms with van der Waals surface area (Å²) in [6, 6.07) is 10.5. The van der Waals surface area contributed by atoms with E-state index in [0.29, 0.717) is 5.78 Å². The molecule has 0 bridgehead atoms. The lowest BCUT2D eigenvalue weighted by molar-refractivity contribution is -0.150. The molecule has 0 amide bonds. The van der Waals surface area contributed by atoms with Gasteiger partial charge in [-0.3, -0.25) is 4.79 Å². The predicted molar refractivity (Wildman–Crippen MR) is 65.9 cm³/mol. The van der Waals surface area contributed by atoms with Crippen molar-refractivity contribution in [2.45, 2.75) is 31.6 Å². The van der Waals surface area contributed by atoms with Crippen LogP contribution in [0.5, 0.6) is 0 Å². The highest BCUT2D eigenvalue weighted by Gasteiger charge is 2.57. The summed E-state index contributed by atoms with van der Waals surface area (Å²) in [5.41, 5.74) is 1.47. The van der Waals surface area contributed by atoms with Crippen molar-refractivity contribution in [3.63, 3.8) is 0 Å². The van der Waals surface area contributed by atoms with E-state index in [1.54, 1.807) is 0 Å². The van der Waals surface area contributed by atoms with Crippen LogP contribution in [-0.2, 0) is 14.9 Å². The minimum absolute atomic E-state index is 0.000417. The zero-order chi connectivity index (χ0) is 11.9. The van der Waals surface area contributed by atoms with Gasteiger partial charge in [-0.05, 0) is 17.4 Å². The summed E-state index contributed by atoms with van der Waals surface area (Å²) in [5.74, 6) is 0.411. The average Bonchev–Trinajstić information content (AvgIpc) is 2.32. The fraction of sp³-hybridized carbons (Fsp3) is 0.533. The van der Waals surface area contributed by atoms with Crippen molar-refractivity contribution in [1.29, 1.82) is 0 Å². The van der Waals surface area contributed by atoms with Gasteiger partial charge in [-0.25, -0.2) is 0 Å². The quantitative estimate of drug-likeness (QED) is 0.741. The molecule has 90 valence electrons. The van der Waals surface area contributed by atoms with Gasteiger partial charge in [0.1, 0.15) is 5.78 Å². The van der Waals surface area contributed by atoms with Crippen molar-refractivity contribution < 1.29 is 9.53 Å². The normalized spacial score (nSPS) is 31.2. The highest BCUT2D eigenvalue weighted by atomic mass is 16.5. The molecule has 1 atom stereocenters. The Labute approximate surface area is 102 Å². The first-order chi connectivity index (χ1) is 8.16. The maximum atomic E-state index is 11.5. The van der Waals surface area contributed by atoms with E-state index in [-0.39, 0.29) is 10.8 Å². The van der Waals surface area contributed by atoms with E-state index in [0.717, 1.165) is 32.5 Å². The number of benzene rings is 1. The fourth-order valence-electron chi connectivity index (χ4n) is 3.44. The van der Waals surface area contributed by atoms with E-state index in [9.17, 15) is 4.79 Å². The Balaban J connectivity index is 2.01. The molecule has 1 aromatic rings. The van der Waals surface area contributed by atoms with Crippen LogP contribution in [0.3, 0.4) is 0 Å². The van der Waals surface area contributed by atoms with Crippen molar-refractivity contribution in [2.75, 3.05) is 13.2 Å². The maximum absolute atomic E-state index is 11.5. The second-order valence-electron chi connectivity index (χ2n) is 5.67. The Hall–Kier alpha value is -1.15. The van der Waals surface area contributed by atoms with Crippen LogP contribution < -0.4 is 0 Å². The van der Waals surface area contributed by atoms with Crippen molar-refractivity contribution >= 4 is 5.78 Å². The molecule has 0 radical (unpaired) electrons. The highest BCUT2D eigenvalue weighted by Crippen LogP contribution is 2.57. The molecule has 2 nitrogen and oxygen atoms in total. The summed E-state index contributed by atoms with van der Waals surface area (Å²) in [5, 5.41) is 0. The summed E-state index contributed by atoms with van der Waals surface area (Å²) in [6.45, 7) is 3.80. The number of carbonyl (C=O) groups excluding carboxylic acids is 1. The maximum Gasteiger partial charge on any atom is 0.134 e. The van der Waals surface area contributed by atoms with E-state index in [1.807, 2.05) is 6.07 Å². The Morgan fingerprint density at radius 2 is 1.88 bits per heavy atom. The van der Waals surface area contributed by atoms with Gasteiger partial charge >= 0.3 is 0 Å². The molecule has 0 N–H and O–H groups in total. The van der Waals surface area contributed by atoms with Gasteiger partial charge in [0, 0.05) is 24.9 Å². The van der Waals surface area contributed by atoms with E-state index < -0.39 is 0 Å². The zero-order valence-corrected chi connectivity index (χ0v) is 10.2. The minimum Gasteiger partial charge on any atom is -0.380 e. The Morgan fingerprint density at radius 3 is 2.53 bits per heavy atom. The molecular weight excluding hydrogens is 212 g/mol. The highest BCUT2D eigenvalue weighted by molar-refractivity contribution is 5.87. The number of ether oxygens (including phenoxy) is 1. The summed E-state index contributed by atoms with van der Waals surface area (Å²) in [4.78, 5) is 11.5. The van der Waals surface area contributed by atoms with Crippen LogP contribution in [0.25, 0.3) is 0 Å². The summed E-state index contributed by atoms with van der Waals surface area (Å²) < 4.78 is 5.69. The third kappa shape index (κ3) is 1.47. The van der Waals surface area contributed by atoms with Gasteiger partial charge in [-0.15, -0.1) is 0 Å². The molecule has 2 fully saturated rings. The van der Waals surface area contributed by atoms with E-state index in [4.69, 9.17) is 4.74 Å². The molecule has 1 aliphatic carbocycles. The molecule has 1 saturated heterocycles. The lowest BCUT2D eigenvalue weighted by Gasteiger charge is -2.56. The standard InChI is InChI=1S/C15H18O2/c1-14(12-5-3-2-4-6-12)11-17-8-7-15(14)9-13(16)10-15/h2-6H,7-11H2,1H3/t14-/m1/s1. The largest absolute Gasteiger partial charge is 0.380 e. The van der Waals surface area contributed by atoms with Gasteiger partial charge in [0.05, 0.1) is 6.61 Å². The molecule has 2 heteroatoms. The molecule has 3 rings (SSSR count). The number of rotatable bonds is 1. The van der Waals surface area contributed by atoms with Crippen LogP contribution >= 0.6 is 0 Å². The van der Waals surface area contributed by atoms with Gasteiger partial charge in [0.25, 0.3) is 0 Å². The number of ketones is 1. The minimum atomic E-state index is 0.000417. The number of Topliss-reactive ketones (excluding diaryl/α,β-unsaturated/α-hetero) is 1. The molecule has 1 aliphatic heterocycles. The third-order valence-electron chi connectivity index (χ3n) is 4.77. The predicted octanol–water partition coefficient (Wildman–Crippen LogP) is 2.71. The Bertz CT molecular complexity index is 429. The van der Waals surface area contributed by atoms with Crippen molar-refractivity contribution in [3.05, 3.63) is 35.9 Å². The first-order valence-electron chi connectivity index (χ1n) is 6.31. The smallest absolute Gasteiger partial charge is 0.134 e. The van der Waals surface area contributed by atoms with Gasteiger partial charge < -0.3 is 4.74 Å². The summed E-state index contributed by atoms with van der Waals surface area (Å²) >= 11 is 0. The molecule has 1 spiro atoms. The summed E-state index contributed by atoms with van der Waals surface area (Å²) in [7, 11) is 0. The lowest BCUT2D eigenvalue weighted by atomic mass is 9.49. The van der Waals surface area contributed by atoms with E-state index in [1.165, 1.54) is 5.56 Å². The van der Waals surface area contributed by atoms with Crippen molar-refractivity contribution in [3.8, 4) is 0 Å². The molecule has 2 aliphatic rings. The van der Waals surface area contributed by atoms with Gasteiger partial charge in [0.15, 0.2) is 0 Å². The van der Waals surface area contributed by atoms with Gasteiger partial charge in [0.2, 0.25) is 0 Å². The van der Waals surface area contributed by atoms with E-state index >= 15 is 0 Å². The molecule has 0 aromatic heterocycles. The van der Waals surface area contributed by atoms with Crippen LogP contribution in [0.4, 0.5) is 0 Å². The van der Waals surface area contributed by atoms with Crippen LogP contribution in [0.2, 0.25) is 0 Å². The number of hydrogen-bond donors (Lipinski definition) is 0. The zero-order valence-electron chi connectivity index (χ0n) is 10.2. The third-order valence-corrected chi connectivity index (χ3v) is 4.77. The van der Waals surface area contributed by atoms with Crippen molar-refractivity contribution in [2.24, 2.45) is 5.41 Å². The lowest BCUT2D eigenvalue weighted by Crippen LogP contribution is -2.57. The number of carbonyl (C=O) groups is 1. The van der Waals surface area contributed by atoms with Gasteiger partial charge in [-0.1, -0.05) is 37.3 Å². The Kier molecular flexibility index (Phi) is 2.37. The van der Waals surface area contributed by atoms with Crippen LogP contribution in [0.1, 0.15) is 31.7 Å². The van der Waals surface area contributed by atoms with Crippen LogP contribution in [0.15, 0.2) is 30.3 Å². The first kappa shape index (κ1) is 11.0. The Morgan fingerprint density at radius 1 is 1.18 bits per heavy atom. The van der Waals surface area contributed by atoms with Gasteiger partial charge in [-0.2, -0.15) is 0 Å². The monoisotopic (exact) mass is 230 g/mol. The topological polar surface area (TPSA) is 26.3 Å². The molecule has 1 aromatic carbocycles. The molecule has 0 unspecified atom stereocenters. The van der Waals surface area contributed by atoms with Crippen LogP contribution in [-0.4, -0.2) is 19.0 Å². The second kappa shape index (κ2) is 3.67. The fourth-order valence-corrected chi connectivity index (χ4v) is 3.44. The number of hydrogen-bond acceptors (Lipinski definition) is 2. The molecular formula is C15H18O2. The second-order valence-corrected chi connectivity index (χ2v) is 5.67. The van der Waals surface area contributed by atoms with E-state index in [2.05, 4.69) is 31.2 Å².